The van der Waals surface area contributed by atoms with E-state index in [-0.39, 0.29) is 30.3 Å². The molecule has 2 saturated heterocycles. The highest BCUT2D eigenvalue weighted by molar-refractivity contribution is 5.87. The van der Waals surface area contributed by atoms with Crippen molar-refractivity contribution in [3.8, 4) is 0 Å². The van der Waals surface area contributed by atoms with E-state index in [9.17, 15) is 9.59 Å². The first kappa shape index (κ1) is 17.2. The van der Waals surface area contributed by atoms with Gasteiger partial charge < -0.3 is 15.5 Å². The van der Waals surface area contributed by atoms with Crippen LogP contribution in [0.1, 0.15) is 39.0 Å². The number of carbonyl (C=O) groups excluding carboxylic acids is 2. The van der Waals surface area contributed by atoms with Gasteiger partial charge in [-0.1, -0.05) is 0 Å². The molecule has 2 aliphatic heterocycles. The molecule has 0 aliphatic carbocycles. The number of piperidine rings is 1. The molecule has 0 saturated carbocycles. The molecule has 2 aliphatic rings. The first-order chi connectivity index (χ1) is 9.16. The number of halogens is 1. The van der Waals surface area contributed by atoms with Crippen LogP contribution in [0.15, 0.2) is 0 Å². The number of nitrogens with one attached hydrogen (secondary N) is 2. The van der Waals surface area contributed by atoms with Gasteiger partial charge in [0, 0.05) is 19.5 Å². The maximum Gasteiger partial charge on any atom is 0.244 e. The molecule has 2 unspecified atom stereocenters. The molecule has 5 nitrogen and oxygen atoms in total. The zero-order chi connectivity index (χ0) is 13.7. The van der Waals surface area contributed by atoms with Crippen LogP contribution in [-0.2, 0) is 9.59 Å². The fraction of sp³-hybridized carbons (Fsp3) is 0.857. The Morgan fingerprint density at radius 1 is 1.30 bits per heavy atom. The van der Waals surface area contributed by atoms with E-state index in [0.29, 0.717) is 12.3 Å². The van der Waals surface area contributed by atoms with Gasteiger partial charge in [0.1, 0.15) is 6.04 Å². The number of carbonyl (C=O) groups is 2. The van der Waals surface area contributed by atoms with E-state index >= 15 is 0 Å². The van der Waals surface area contributed by atoms with Gasteiger partial charge in [0.25, 0.3) is 0 Å². The van der Waals surface area contributed by atoms with Crippen molar-refractivity contribution in [2.45, 2.75) is 45.1 Å². The topological polar surface area (TPSA) is 61.4 Å². The average Bonchev–Trinajstić information content (AvgIpc) is 2.91. The molecular formula is C14H26ClN3O2. The predicted molar refractivity (Wildman–Crippen MR) is 80.9 cm³/mol. The highest BCUT2D eigenvalue weighted by Crippen LogP contribution is 2.13. The van der Waals surface area contributed by atoms with Gasteiger partial charge >= 0.3 is 0 Å². The summed E-state index contributed by atoms with van der Waals surface area (Å²) in [7, 11) is 0. The fourth-order valence-electron chi connectivity index (χ4n) is 2.90. The lowest BCUT2D eigenvalue weighted by Crippen LogP contribution is -2.48. The monoisotopic (exact) mass is 303 g/mol. The normalized spacial score (nSPS) is 23.9. The van der Waals surface area contributed by atoms with Gasteiger partial charge in [-0.05, 0) is 51.6 Å². The third kappa shape index (κ3) is 4.94. The van der Waals surface area contributed by atoms with E-state index in [2.05, 4.69) is 10.6 Å². The smallest absolute Gasteiger partial charge is 0.244 e. The number of rotatable bonds is 4. The van der Waals surface area contributed by atoms with Gasteiger partial charge in [0.15, 0.2) is 0 Å². The summed E-state index contributed by atoms with van der Waals surface area (Å²) >= 11 is 0. The lowest BCUT2D eigenvalue weighted by atomic mass is 10.0. The molecule has 20 heavy (non-hydrogen) atoms. The van der Waals surface area contributed by atoms with E-state index in [1.54, 1.807) is 6.92 Å². The second-order valence-electron chi connectivity index (χ2n) is 5.74. The van der Waals surface area contributed by atoms with Gasteiger partial charge in [-0.3, -0.25) is 9.59 Å². The van der Waals surface area contributed by atoms with Crippen LogP contribution in [-0.4, -0.2) is 48.9 Å². The Morgan fingerprint density at radius 3 is 2.60 bits per heavy atom. The standard InChI is InChI=1S/C14H25N3O2.ClH/c1-11(14(19)17-7-3-2-4-8-17)16-13(18)9-12-5-6-15-10-12;/h11-12,15H,2-10H2,1H3,(H,16,18);1H. The zero-order valence-electron chi connectivity index (χ0n) is 12.2. The number of likely N-dealkylation sites (tertiary alicyclic amines) is 1. The van der Waals surface area contributed by atoms with E-state index < -0.39 is 0 Å². The van der Waals surface area contributed by atoms with Crippen molar-refractivity contribution in [3.63, 3.8) is 0 Å². The molecule has 2 rings (SSSR count). The van der Waals surface area contributed by atoms with Crippen LogP contribution in [0.25, 0.3) is 0 Å². The second-order valence-corrected chi connectivity index (χ2v) is 5.74. The minimum Gasteiger partial charge on any atom is -0.345 e. The van der Waals surface area contributed by atoms with Crippen molar-refractivity contribution in [2.75, 3.05) is 26.2 Å². The Bertz CT molecular complexity index is 326. The molecule has 2 atom stereocenters. The highest BCUT2D eigenvalue weighted by Gasteiger charge is 2.25. The first-order valence-corrected chi connectivity index (χ1v) is 7.45. The molecule has 2 fully saturated rings. The van der Waals surface area contributed by atoms with Crippen molar-refractivity contribution in [1.29, 1.82) is 0 Å². The molecule has 2 heterocycles. The van der Waals surface area contributed by atoms with E-state index in [4.69, 9.17) is 0 Å². The lowest BCUT2D eigenvalue weighted by Gasteiger charge is -2.29. The van der Waals surface area contributed by atoms with E-state index in [0.717, 1.165) is 45.4 Å². The van der Waals surface area contributed by atoms with Crippen molar-refractivity contribution in [3.05, 3.63) is 0 Å². The number of nitrogens with zero attached hydrogens (tertiary/aromatic N) is 1. The average molecular weight is 304 g/mol. The Labute approximate surface area is 127 Å². The van der Waals surface area contributed by atoms with Crippen LogP contribution in [0.5, 0.6) is 0 Å². The molecule has 0 aromatic heterocycles. The predicted octanol–water partition coefficient (Wildman–Crippen LogP) is 0.925. The van der Waals surface area contributed by atoms with Gasteiger partial charge in [-0.2, -0.15) is 0 Å². The van der Waals surface area contributed by atoms with Gasteiger partial charge in [0.2, 0.25) is 11.8 Å². The fourth-order valence-corrected chi connectivity index (χ4v) is 2.90. The first-order valence-electron chi connectivity index (χ1n) is 7.45. The molecule has 116 valence electrons. The largest absolute Gasteiger partial charge is 0.345 e. The van der Waals surface area contributed by atoms with E-state index in [1.165, 1.54) is 6.42 Å². The lowest BCUT2D eigenvalue weighted by molar-refractivity contribution is -0.136. The summed E-state index contributed by atoms with van der Waals surface area (Å²) in [5.41, 5.74) is 0. The van der Waals surface area contributed by atoms with Crippen molar-refractivity contribution < 1.29 is 9.59 Å². The van der Waals surface area contributed by atoms with Crippen molar-refractivity contribution >= 4 is 24.2 Å². The van der Waals surface area contributed by atoms with Crippen LogP contribution in [0.2, 0.25) is 0 Å². The second kappa shape index (κ2) is 8.47. The molecule has 2 amide bonds. The summed E-state index contributed by atoms with van der Waals surface area (Å²) in [5, 5.41) is 6.10. The third-order valence-electron chi connectivity index (χ3n) is 4.05. The Balaban J connectivity index is 0.00000200. The van der Waals surface area contributed by atoms with Crippen molar-refractivity contribution in [1.82, 2.24) is 15.5 Å². The van der Waals surface area contributed by atoms with Crippen LogP contribution in [0, 0.1) is 5.92 Å². The van der Waals surface area contributed by atoms with Gasteiger partial charge in [0.05, 0.1) is 0 Å². The van der Waals surface area contributed by atoms with E-state index in [1.807, 2.05) is 4.90 Å². The van der Waals surface area contributed by atoms with Crippen LogP contribution in [0.4, 0.5) is 0 Å². The third-order valence-corrected chi connectivity index (χ3v) is 4.05. The molecule has 6 heteroatoms. The minimum atomic E-state index is -0.389. The molecule has 0 aromatic carbocycles. The Hall–Kier alpha value is -0.810. The van der Waals surface area contributed by atoms with Crippen LogP contribution >= 0.6 is 12.4 Å². The SMILES string of the molecule is CC(NC(=O)CC1CCNC1)C(=O)N1CCCCC1.Cl. The summed E-state index contributed by atoms with van der Waals surface area (Å²) in [5.74, 6) is 0.501. The molecular weight excluding hydrogens is 278 g/mol. The maximum atomic E-state index is 12.2. The van der Waals surface area contributed by atoms with Gasteiger partial charge in [-0.15, -0.1) is 12.4 Å². The van der Waals surface area contributed by atoms with Crippen molar-refractivity contribution in [2.24, 2.45) is 5.92 Å². The highest BCUT2D eigenvalue weighted by atomic mass is 35.5. The molecule has 2 N–H and O–H groups in total. The number of hydrogen-bond acceptors (Lipinski definition) is 3. The number of hydrogen-bond donors (Lipinski definition) is 2. The summed E-state index contributed by atoms with van der Waals surface area (Å²) in [4.78, 5) is 25.9. The van der Waals surface area contributed by atoms with Crippen LogP contribution < -0.4 is 10.6 Å². The zero-order valence-corrected chi connectivity index (χ0v) is 13.0. The molecule has 0 aromatic rings. The summed E-state index contributed by atoms with van der Waals surface area (Å²) in [6.45, 7) is 5.39. The molecule has 0 spiro atoms. The summed E-state index contributed by atoms with van der Waals surface area (Å²) in [6, 6.07) is -0.389. The molecule has 0 radical (unpaired) electrons. The number of amides is 2. The Kier molecular flexibility index (Phi) is 7.30. The quantitative estimate of drug-likeness (QED) is 0.812. The summed E-state index contributed by atoms with van der Waals surface area (Å²) in [6.07, 6.45) is 4.96. The summed E-state index contributed by atoms with van der Waals surface area (Å²) < 4.78 is 0. The molecule has 0 bridgehead atoms. The van der Waals surface area contributed by atoms with Gasteiger partial charge in [-0.25, -0.2) is 0 Å². The van der Waals surface area contributed by atoms with Crippen LogP contribution in [0.3, 0.4) is 0 Å². The Morgan fingerprint density at radius 2 is 2.00 bits per heavy atom. The maximum absolute atomic E-state index is 12.2. The minimum absolute atomic E-state index is 0.